The number of hydrogen-bond donors (Lipinski definition) is 2. The maximum Gasteiger partial charge on any atom is 0.191 e. The zero-order chi connectivity index (χ0) is 13.5. The van der Waals surface area contributed by atoms with Crippen molar-refractivity contribution < 1.29 is 4.52 Å². The highest BCUT2D eigenvalue weighted by molar-refractivity contribution is 9.11. The molecule has 2 N–H and O–H groups in total. The first-order valence-corrected chi connectivity index (χ1v) is 6.61. The highest BCUT2D eigenvalue weighted by atomic mass is 79.9. The fraction of sp³-hybridized carbons (Fsp3) is 0.500. The summed E-state index contributed by atoms with van der Waals surface area (Å²) >= 11 is 3.30. The maximum atomic E-state index is 5.10. The van der Waals surface area contributed by atoms with E-state index in [1.165, 1.54) is 0 Å². The van der Waals surface area contributed by atoms with E-state index in [4.69, 9.17) is 4.52 Å². The second-order valence-electron chi connectivity index (χ2n) is 3.87. The maximum absolute atomic E-state index is 5.10. The number of rotatable bonds is 5. The minimum absolute atomic E-state index is 0.547. The van der Waals surface area contributed by atoms with Crippen LogP contribution in [0.15, 0.2) is 20.6 Å². The van der Waals surface area contributed by atoms with Crippen LogP contribution < -0.4 is 10.6 Å². The Morgan fingerprint density at radius 1 is 1.44 bits per heavy atom. The van der Waals surface area contributed by atoms with Gasteiger partial charge in [0.05, 0.1) is 12.2 Å². The lowest BCUT2D eigenvalue weighted by Gasteiger charge is -2.10. The Balaban J connectivity index is 2.67. The molecule has 0 spiro atoms. The molecule has 0 fully saturated rings. The van der Waals surface area contributed by atoms with Crippen LogP contribution in [-0.2, 0) is 6.54 Å². The van der Waals surface area contributed by atoms with E-state index in [9.17, 15) is 0 Å². The Hall–Kier alpha value is -1.30. The summed E-state index contributed by atoms with van der Waals surface area (Å²) in [5, 5.41) is 10.2. The molecule has 1 aromatic heterocycles. The van der Waals surface area contributed by atoms with E-state index in [-0.39, 0.29) is 0 Å². The van der Waals surface area contributed by atoms with Crippen LogP contribution in [0.1, 0.15) is 23.9 Å². The predicted octanol–water partition coefficient (Wildman–Crippen LogP) is 2.26. The van der Waals surface area contributed by atoms with Crippen molar-refractivity contribution in [2.45, 2.75) is 27.3 Å². The van der Waals surface area contributed by atoms with Gasteiger partial charge in [-0.3, -0.25) is 0 Å². The molecule has 0 atom stereocenters. The Morgan fingerprint density at radius 2 is 2.17 bits per heavy atom. The molecular weight excluding hydrogens is 296 g/mol. The van der Waals surface area contributed by atoms with Crippen LogP contribution in [-0.4, -0.2) is 24.2 Å². The van der Waals surface area contributed by atoms with Crippen molar-refractivity contribution in [1.29, 1.82) is 0 Å². The molecule has 0 aliphatic carbocycles. The average Bonchev–Trinajstić information content (AvgIpc) is 2.63. The van der Waals surface area contributed by atoms with Crippen LogP contribution in [0.3, 0.4) is 0 Å². The lowest BCUT2D eigenvalue weighted by Crippen LogP contribution is -2.37. The van der Waals surface area contributed by atoms with Gasteiger partial charge in [-0.25, -0.2) is 4.99 Å². The van der Waals surface area contributed by atoms with Gasteiger partial charge in [0, 0.05) is 23.1 Å². The van der Waals surface area contributed by atoms with Crippen molar-refractivity contribution in [2.24, 2.45) is 4.99 Å². The molecule has 1 aromatic rings. The predicted molar refractivity (Wildman–Crippen MR) is 76.9 cm³/mol. The van der Waals surface area contributed by atoms with Crippen molar-refractivity contribution in [3.63, 3.8) is 0 Å². The number of nitrogens with zero attached hydrogens (tertiary/aromatic N) is 2. The molecule has 0 aliphatic rings. The van der Waals surface area contributed by atoms with E-state index >= 15 is 0 Å². The molecule has 0 aliphatic heterocycles. The largest absolute Gasteiger partial charge is 0.361 e. The molecule has 1 rings (SSSR count). The Bertz CT molecular complexity index is 420. The van der Waals surface area contributed by atoms with E-state index in [1.54, 1.807) is 0 Å². The summed E-state index contributed by atoms with van der Waals surface area (Å²) in [7, 11) is 0. The highest BCUT2D eigenvalue weighted by Crippen LogP contribution is 2.12. The number of aromatic nitrogens is 1. The summed E-state index contributed by atoms with van der Waals surface area (Å²) in [5.41, 5.74) is 1.92. The molecule has 6 heteroatoms. The molecular formula is C12H19BrN4O. The molecule has 5 nitrogen and oxygen atoms in total. The topological polar surface area (TPSA) is 62.5 Å². The second kappa shape index (κ2) is 7.20. The van der Waals surface area contributed by atoms with Gasteiger partial charge < -0.3 is 15.2 Å². The van der Waals surface area contributed by atoms with Gasteiger partial charge in [0.15, 0.2) is 5.96 Å². The summed E-state index contributed by atoms with van der Waals surface area (Å²) in [5.74, 6) is 1.56. The second-order valence-corrected chi connectivity index (χ2v) is 4.99. The van der Waals surface area contributed by atoms with Crippen molar-refractivity contribution in [3.05, 3.63) is 28.1 Å². The van der Waals surface area contributed by atoms with E-state index < -0.39 is 0 Å². The first kappa shape index (κ1) is 14.8. The smallest absolute Gasteiger partial charge is 0.191 e. The molecule has 0 saturated heterocycles. The normalized spacial score (nSPS) is 11.4. The van der Waals surface area contributed by atoms with Gasteiger partial charge in [-0.1, -0.05) is 27.7 Å². The van der Waals surface area contributed by atoms with Gasteiger partial charge in [0.1, 0.15) is 5.76 Å². The van der Waals surface area contributed by atoms with Gasteiger partial charge in [-0.2, -0.15) is 0 Å². The number of nitrogens with one attached hydrogen (secondary N) is 2. The number of aryl methyl sites for hydroxylation is 2. The van der Waals surface area contributed by atoms with E-state index in [0.29, 0.717) is 13.1 Å². The van der Waals surface area contributed by atoms with Gasteiger partial charge in [-0.05, 0) is 20.8 Å². The van der Waals surface area contributed by atoms with Crippen LogP contribution in [0, 0.1) is 13.8 Å². The van der Waals surface area contributed by atoms with E-state index in [2.05, 4.69) is 43.3 Å². The Morgan fingerprint density at radius 3 is 2.67 bits per heavy atom. The summed E-state index contributed by atoms with van der Waals surface area (Å²) < 4.78 is 5.98. The summed E-state index contributed by atoms with van der Waals surface area (Å²) in [4.78, 5) is 4.48. The zero-order valence-corrected chi connectivity index (χ0v) is 12.6. The van der Waals surface area contributed by atoms with Crippen molar-refractivity contribution in [1.82, 2.24) is 15.8 Å². The number of hydrogen-bond acceptors (Lipinski definition) is 3. The van der Waals surface area contributed by atoms with Gasteiger partial charge in [0.25, 0.3) is 0 Å². The molecule has 18 heavy (non-hydrogen) atoms. The molecule has 0 amide bonds. The average molecular weight is 315 g/mol. The van der Waals surface area contributed by atoms with Crippen LogP contribution in [0.25, 0.3) is 0 Å². The molecule has 1 heterocycles. The lowest BCUT2D eigenvalue weighted by atomic mass is 10.2. The number of guanidine groups is 1. The first-order valence-electron chi connectivity index (χ1n) is 5.81. The minimum Gasteiger partial charge on any atom is -0.361 e. The van der Waals surface area contributed by atoms with E-state index in [1.807, 2.05) is 20.8 Å². The fourth-order valence-corrected chi connectivity index (χ4v) is 1.55. The summed E-state index contributed by atoms with van der Waals surface area (Å²) in [6.45, 7) is 11.6. The molecule has 0 saturated carbocycles. The molecule has 0 unspecified atom stereocenters. The summed E-state index contributed by atoms with van der Waals surface area (Å²) in [6, 6.07) is 0. The Labute approximate surface area is 116 Å². The standard InChI is InChI=1S/C12H19BrN4O/c1-5-14-12(15-6-8(2)13)16-7-11-9(3)17-18-10(11)4/h2,5-7H2,1,3-4H3,(H2,14,15,16). The fourth-order valence-electron chi connectivity index (χ4n) is 1.41. The van der Waals surface area contributed by atoms with Gasteiger partial charge >= 0.3 is 0 Å². The lowest BCUT2D eigenvalue weighted by molar-refractivity contribution is 0.392. The van der Waals surface area contributed by atoms with Crippen LogP contribution in [0.2, 0.25) is 0 Å². The van der Waals surface area contributed by atoms with Crippen LogP contribution >= 0.6 is 15.9 Å². The van der Waals surface area contributed by atoms with Gasteiger partial charge in [0.2, 0.25) is 0 Å². The highest BCUT2D eigenvalue weighted by Gasteiger charge is 2.08. The van der Waals surface area contributed by atoms with Gasteiger partial charge in [-0.15, -0.1) is 0 Å². The van der Waals surface area contributed by atoms with Crippen molar-refractivity contribution in [3.8, 4) is 0 Å². The number of aliphatic imine (C=N–C) groups is 1. The SMILES string of the molecule is C=C(Br)CNC(=NCc1c(C)noc1C)NCC. The summed E-state index contributed by atoms with van der Waals surface area (Å²) in [6.07, 6.45) is 0. The zero-order valence-electron chi connectivity index (χ0n) is 11.0. The third-order valence-corrected chi connectivity index (χ3v) is 2.65. The monoisotopic (exact) mass is 314 g/mol. The molecule has 0 bridgehead atoms. The van der Waals surface area contributed by atoms with Crippen LogP contribution in [0.4, 0.5) is 0 Å². The first-order chi connectivity index (χ1) is 8.54. The van der Waals surface area contributed by atoms with Crippen molar-refractivity contribution >= 4 is 21.9 Å². The molecule has 0 radical (unpaired) electrons. The quantitative estimate of drug-likeness (QED) is 0.646. The van der Waals surface area contributed by atoms with Crippen LogP contribution in [0.5, 0.6) is 0 Å². The minimum atomic E-state index is 0.547. The van der Waals surface area contributed by atoms with E-state index in [0.717, 1.165) is 34.0 Å². The molecule has 0 aromatic carbocycles. The Kier molecular flexibility index (Phi) is 5.91. The van der Waals surface area contributed by atoms with Crippen molar-refractivity contribution in [2.75, 3.05) is 13.1 Å². The third-order valence-electron chi connectivity index (χ3n) is 2.37. The number of halogens is 1. The molecule has 100 valence electrons. The third kappa shape index (κ3) is 4.52.